The summed E-state index contributed by atoms with van der Waals surface area (Å²) in [7, 11) is 0. The lowest BCUT2D eigenvalue weighted by Gasteiger charge is -2.60. The molecule has 0 N–H and O–H groups in total. The Hall–Kier alpha value is -0.510. The largest absolute Gasteiger partial charge is 0.198 e. The minimum Gasteiger partial charge on any atom is -0.198 e. The summed E-state index contributed by atoms with van der Waals surface area (Å²) >= 11 is 0. The van der Waals surface area contributed by atoms with Crippen LogP contribution in [0.1, 0.15) is 78.1 Å². The van der Waals surface area contributed by atoms with Crippen LogP contribution in [0.3, 0.4) is 0 Å². The van der Waals surface area contributed by atoms with E-state index in [0.29, 0.717) is 16.7 Å². The van der Waals surface area contributed by atoms with Gasteiger partial charge in [-0.15, -0.1) is 0 Å². The highest BCUT2D eigenvalue weighted by molar-refractivity contribution is 5.08. The molecule has 4 saturated carbocycles. The maximum atomic E-state index is 9.30. The number of fused-ring (bicyclic) bond motifs is 5. The Morgan fingerprint density at radius 3 is 2.57 bits per heavy atom. The third-order valence-electron chi connectivity index (χ3n) is 8.63. The average Bonchev–Trinajstić information content (AvgIpc) is 2.88. The van der Waals surface area contributed by atoms with E-state index < -0.39 is 0 Å². The Labute approximate surface area is 130 Å². The smallest absolute Gasteiger partial charge is 0.0655 e. The van der Waals surface area contributed by atoms with Crippen LogP contribution in [0.15, 0.2) is 0 Å². The molecular formula is C20H31N. The van der Waals surface area contributed by atoms with Crippen molar-refractivity contribution in [3.63, 3.8) is 0 Å². The van der Waals surface area contributed by atoms with Crippen molar-refractivity contribution < 1.29 is 0 Å². The van der Waals surface area contributed by atoms with Crippen LogP contribution >= 0.6 is 0 Å². The van der Waals surface area contributed by atoms with Gasteiger partial charge in [0.15, 0.2) is 0 Å². The highest BCUT2D eigenvalue weighted by atomic mass is 14.6. The van der Waals surface area contributed by atoms with Gasteiger partial charge in [-0.05, 0) is 92.3 Å². The van der Waals surface area contributed by atoms with Gasteiger partial charge in [0.1, 0.15) is 0 Å². The molecule has 4 fully saturated rings. The maximum Gasteiger partial charge on any atom is 0.0655 e. The van der Waals surface area contributed by atoms with Gasteiger partial charge in [-0.25, -0.2) is 0 Å². The van der Waals surface area contributed by atoms with Gasteiger partial charge in [0.2, 0.25) is 0 Å². The van der Waals surface area contributed by atoms with Crippen LogP contribution in [0, 0.1) is 51.8 Å². The van der Waals surface area contributed by atoms with Gasteiger partial charge in [0.05, 0.1) is 6.07 Å². The third kappa shape index (κ3) is 1.94. The monoisotopic (exact) mass is 285 g/mol. The minimum atomic E-state index is 0.361. The molecule has 0 unspecified atom stereocenters. The summed E-state index contributed by atoms with van der Waals surface area (Å²) < 4.78 is 0. The average molecular weight is 285 g/mol. The van der Waals surface area contributed by atoms with Gasteiger partial charge in [-0.2, -0.15) is 5.26 Å². The molecule has 0 aromatic rings. The van der Waals surface area contributed by atoms with E-state index in [9.17, 15) is 5.26 Å². The molecule has 0 bridgehead atoms. The highest BCUT2D eigenvalue weighted by Gasteiger charge is 2.57. The summed E-state index contributed by atoms with van der Waals surface area (Å²) in [6.45, 7) is 5.21. The molecule has 4 aliphatic carbocycles. The van der Waals surface area contributed by atoms with Crippen LogP contribution in [0.5, 0.6) is 0 Å². The van der Waals surface area contributed by atoms with Crippen molar-refractivity contribution in [3.8, 4) is 6.07 Å². The number of nitrogens with zero attached hydrogens (tertiary/aromatic N) is 1. The van der Waals surface area contributed by atoms with E-state index in [2.05, 4.69) is 19.9 Å². The molecule has 1 nitrogen and oxygen atoms in total. The Kier molecular flexibility index (Phi) is 3.18. The lowest BCUT2D eigenvalue weighted by Crippen LogP contribution is -2.52. The zero-order chi connectivity index (χ0) is 14.7. The van der Waals surface area contributed by atoms with Crippen molar-refractivity contribution in [2.45, 2.75) is 78.1 Å². The molecule has 0 radical (unpaired) electrons. The zero-order valence-corrected chi connectivity index (χ0v) is 13.9. The Bertz CT molecular complexity index is 463. The van der Waals surface area contributed by atoms with Gasteiger partial charge in [-0.1, -0.05) is 20.3 Å². The molecule has 0 amide bonds. The molecule has 0 aliphatic heterocycles. The van der Waals surface area contributed by atoms with Crippen molar-refractivity contribution in [3.05, 3.63) is 0 Å². The summed E-state index contributed by atoms with van der Waals surface area (Å²) in [6.07, 6.45) is 14.1. The molecular weight excluding hydrogens is 254 g/mol. The number of nitriles is 1. The maximum absolute atomic E-state index is 9.30. The normalized spacial score (nSPS) is 56.0. The fourth-order valence-electron chi connectivity index (χ4n) is 7.37. The Morgan fingerprint density at radius 2 is 1.76 bits per heavy atom. The highest BCUT2D eigenvalue weighted by Crippen LogP contribution is 2.66. The van der Waals surface area contributed by atoms with E-state index in [0.717, 1.165) is 23.7 Å². The van der Waals surface area contributed by atoms with Crippen molar-refractivity contribution in [2.24, 2.45) is 40.4 Å². The lowest BCUT2D eigenvalue weighted by molar-refractivity contribution is -0.107. The van der Waals surface area contributed by atoms with Gasteiger partial charge >= 0.3 is 0 Å². The van der Waals surface area contributed by atoms with Gasteiger partial charge in [-0.3, -0.25) is 0 Å². The molecule has 7 atom stereocenters. The Morgan fingerprint density at radius 1 is 0.905 bits per heavy atom. The van der Waals surface area contributed by atoms with Crippen LogP contribution in [0.4, 0.5) is 0 Å². The van der Waals surface area contributed by atoms with Crippen LogP contribution in [-0.2, 0) is 0 Å². The van der Waals surface area contributed by atoms with E-state index >= 15 is 0 Å². The van der Waals surface area contributed by atoms with E-state index in [1.54, 1.807) is 0 Å². The van der Waals surface area contributed by atoms with Crippen molar-refractivity contribution in [1.29, 1.82) is 5.26 Å². The first-order chi connectivity index (χ1) is 10.1. The van der Waals surface area contributed by atoms with E-state index in [1.807, 2.05) is 0 Å². The molecule has 21 heavy (non-hydrogen) atoms. The molecule has 116 valence electrons. The zero-order valence-electron chi connectivity index (χ0n) is 13.9. The van der Waals surface area contributed by atoms with E-state index in [4.69, 9.17) is 0 Å². The van der Waals surface area contributed by atoms with Gasteiger partial charge in [0, 0.05) is 5.92 Å². The summed E-state index contributed by atoms with van der Waals surface area (Å²) in [5.74, 6) is 4.24. The summed E-state index contributed by atoms with van der Waals surface area (Å²) in [5, 5.41) is 9.30. The van der Waals surface area contributed by atoms with E-state index in [1.165, 1.54) is 64.2 Å². The standard InChI is InChI=1S/C20H31N/c1-19-9-3-4-17(19)16-6-5-15-12-14(13-21)7-11-20(15,2)18(16)8-10-19/h14-18H,3-12H2,1-2H3/t14-,15-,16+,17-,18+,19-,20+/m1/s1. The first-order valence-electron chi connectivity index (χ1n) is 9.46. The summed E-state index contributed by atoms with van der Waals surface area (Å²) in [4.78, 5) is 0. The number of rotatable bonds is 0. The molecule has 0 saturated heterocycles. The van der Waals surface area contributed by atoms with Crippen LogP contribution < -0.4 is 0 Å². The summed E-state index contributed by atoms with van der Waals surface area (Å²) in [5.41, 5.74) is 1.26. The SMILES string of the molecule is C[C@]12CCC[C@@H]1[C@@H]1CC[C@@H]3C[C@H](C#N)CC[C@]3(C)[C@H]1CC2. The number of hydrogen-bond acceptors (Lipinski definition) is 1. The molecule has 0 aromatic carbocycles. The van der Waals surface area contributed by atoms with Gasteiger partial charge < -0.3 is 0 Å². The molecule has 0 heterocycles. The quantitative estimate of drug-likeness (QED) is 0.571. The summed E-state index contributed by atoms with van der Waals surface area (Å²) in [6, 6.07) is 2.57. The minimum absolute atomic E-state index is 0.361. The van der Waals surface area contributed by atoms with Crippen molar-refractivity contribution >= 4 is 0 Å². The first kappa shape index (κ1) is 14.1. The van der Waals surface area contributed by atoms with Crippen LogP contribution in [-0.4, -0.2) is 0 Å². The van der Waals surface area contributed by atoms with Crippen molar-refractivity contribution in [2.75, 3.05) is 0 Å². The molecule has 0 spiro atoms. The fourth-order valence-corrected chi connectivity index (χ4v) is 7.37. The van der Waals surface area contributed by atoms with Gasteiger partial charge in [0.25, 0.3) is 0 Å². The predicted molar refractivity (Wildman–Crippen MR) is 85.4 cm³/mol. The molecule has 0 aromatic heterocycles. The number of hydrogen-bond donors (Lipinski definition) is 0. The predicted octanol–water partition coefficient (Wildman–Crippen LogP) is 5.56. The van der Waals surface area contributed by atoms with Crippen molar-refractivity contribution in [1.82, 2.24) is 0 Å². The molecule has 4 rings (SSSR count). The first-order valence-corrected chi connectivity index (χ1v) is 9.46. The van der Waals surface area contributed by atoms with Crippen LogP contribution in [0.25, 0.3) is 0 Å². The van der Waals surface area contributed by atoms with E-state index in [-0.39, 0.29) is 0 Å². The fraction of sp³-hybridized carbons (Fsp3) is 0.950. The molecule has 1 heteroatoms. The topological polar surface area (TPSA) is 23.8 Å². The second-order valence-electron chi connectivity index (χ2n) is 9.34. The van der Waals surface area contributed by atoms with Crippen LogP contribution in [0.2, 0.25) is 0 Å². The second-order valence-corrected chi connectivity index (χ2v) is 9.34. The molecule has 4 aliphatic rings. The third-order valence-corrected chi connectivity index (χ3v) is 8.63. The Balaban J connectivity index is 1.60. The second kappa shape index (κ2) is 4.74. The lowest BCUT2D eigenvalue weighted by atomic mass is 9.45.